The van der Waals surface area contributed by atoms with E-state index >= 15 is 0 Å². The van der Waals surface area contributed by atoms with Crippen LogP contribution in [0.2, 0.25) is 0 Å². The maximum Gasteiger partial charge on any atom is 0.155 e. The van der Waals surface area contributed by atoms with Crippen molar-refractivity contribution < 1.29 is 14.7 Å². The first-order valence-corrected chi connectivity index (χ1v) is 10.0. The van der Waals surface area contributed by atoms with Crippen LogP contribution in [0.15, 0.2) is 12.2 Å². The van der Waals surface area contributed by atoms with Crippen molar-refractivity contribution in [3.05, 3.63) is 12.2 Å². The van der Waals surface area contributed by atoms with Crippen molar-refractivity contribution >= 4 is 27.5 Å². The first-order valence-electron chi connectivity index (χ1n) is 8.92. The number of fused-ring (bicyclic) bond motifs is 5. The van der Waals surface area contributed by atoms with Crippen LogP contribution in [0.1, 0.15) is 45.4 Å². The molecule has 0 aromatic carbocycles. The molecule has 1 N–H and O–H groups in total. The molecule has 4 rings (SSSR count). The molecule has 0 aromatic heterocycles. The minimum absolute atomic E-state index is 0.00190. The Hall–Kier alpha value is -0.480. The number of Topliss-reactive ketones (excluding diaryl/α,β-unsaturated/α-hetero) is 1. The average Bonchev–Trinajstić information content (AvgIpc) is 2.87. The van der Waals surface area contributed by atoms with E-state index in [1.807, 2.05) is 0 Å². The summed E-state index contributed by atoms with van der Waals surface area (Å²) in [5.74, 6) is 1.73. The van der Waals surface area contributed by atoms with Crippen molar-refractivity contribution in [3.8, 4) is 0 Å². The maximum absolute atomic E-state index is 12.6. The summed E-state index contributed by atoms with van der Waals surface area (Å²) in [6.07, 6.45) is 8.31. The largest absolute Gasteiger partial charge is 0.393 e. The van der Waals surface area contributed by atoms with Crippen molar-refractivity contribution in [2.24, 2.45) is 34.5 Å². The Balaban J connectivity index is 1.74. The molecule has 0 radical (unpaired) electrons. The summed E-state index contributed by atoms with van der Waals surface area (Å²) in [7, 11) is 0. The lowest BCUT2D eigenvalue weighted by Crippen LogP contribution is -2.58. The Morgan fingerprint density at radius 2 is 2.09 bits per heavy atom. The summed E-state index contributed by atoms with van der Waals surface area (Å²) in [5.41, 5.74) is -0.249. The number of halogens is 1. The van der Waals surface area contributed by atoms with Crippen LogP contribution in [0, 0.1) is 34.5 Å². The first kappa shape index (κ1) is 16.0. The van der Waals surface area contributed by atoms with Gasteiger partial charge in [-0.25, -0.2) is 0 Å². The average molecular weight is 381 g/mol. The Morgan fingerprint density at radius 3 is 2.83 bits per heavy atom. The molecular formula is C19H25BrO3. The van der Waals surface area contributed by atoms with Crippen LogP contribution in [0.25, 0.3) is 0 Å². The third kappa shape index (κ3) is 2.03. The number of allylic oxidation sites excluding steroid dienone is 2. The quantitative estimate of drug-likeness (QED) is 0.710. The molecule has 3 nitrogen and oxygen atoms in total. The number of aliphatic hydroxyl groups is 1. The molecule has 0 saturated heterocycles. The Labute approximate surface area is 146 Å². The fraction of sp³-hybridized carbons (Fsp3) is 0.789. The lowest BCUT2D eigenvalue weighted by Gasteiger charge is -2.59. The molecule has 0 aromatic rings. The molecule has 0 bridgehead atoms. The van der Waals surface area contributed by atoms with E-state index in [9.17, 15) is 14.7 Å². The molecule has 23 heavy (non-hydrogen) atoms. The van der Waals surface area contributed by atoms with E-state index in [4.69, 9.17) is 0 Å². The number of hydrogen-bond acceptors (Lipinski definition) is 3. The summed E-state index contributed by atoms with van der Waals surface area (Å²) in [5, 5.41) is 11.7. The van der Waals surface area contributed by atoms with Gasteiger partial charge in [-0.2, -0.15) is 0 Å². The molecule has 0 aliphatic heterocycles. The molecule has 0 spiro atoms. The highest BCUT2D eigenvalue weighted by Crippen LogP contribution is 2.64. The number of hydrogen-bond donors (Lipinski definition) is 1. The molecule has 7 atom stereocenters. The van der Waals surface area contributed by atoms with Crippen LogP contribution < -0.4 is 0 Å². The van der Waals surface area contributed by atoms with Gasteiger partial charge in [0.1, 0.15) is 5.78 Å². The van der Waals surface area contributed by atoms with Crippen molar-refractivity contribution in [3.63, 3.8) is 0 Å². The van der Waals surface area contributed by atoms with E-state index in [0.29, 0.717) is 36.9 Å². The van der Waals surface area contributed by atoms with Gasteiger partial charge in [0.2, 0.25) is 0 Å². The van der Waals surface area contributed by atoms with Crippen molar-refractivity contribution in [2.75, 3.05) is 5.33 Å². The molecule has 126 valence electrons. The third-order valence-corrected chi connectivity index (χ3v) is 8.74. The minimum atomic E-state index is -0.369. The predicted molar refractivity (Wildman–Crippen MR) is 91.2 cm³/mol. The van der Waals surface area contributed by atoms with Gasteiger partial charge >= 0.3 is 0 Å². The first-order chi connectivity index (χ1) is 10.9. The van der Waals surface area contributed by atoms with Gasteiger partial charge in [0, 0.05) is 23.6 Å². The molecule has 3 fully saturated rings. The minimum Gasteiger partial charge on any atom is -0.393 e. The fourth-order valence-electron chi connectivity index (χ4n) is 6.44. The molecule has 0 heterocycles. The van der Waals surface area contributed by atoms with Gasteiger partial charge in [-0.05, 0) is 60.8 Å². The molecular weight excluding hydrogens is 356 g/mol. The summed E-state index contributed by atoms with van der Waals surface area (Å²) in [6, 6.07) is 0. The molecule has 4 aliphatic rings. The lowest BCUT2D eigenvalue weighted by atomic mass is 9.46. The number of carbonyl (C=O) groups excluding carboxylic acids is 2. The predicted octanol–water partition coefficient (Wildman–Crippen LogP) is 3.29. The van der Waals surface area contributed by atoms with Gasteiger partial charge in [0.15, 0.2) is 5.78 Å². The molecule has 0 amide bonds. The van der Waals surface area contributed by atoms with E-state index in [1.54, 1.807) is 6.08 Å². The van der Waals surface area contributed by atoms with E-state index in [0.717, 1.165) is 24.6 Å². The summed E-state index contributed by atoms with van der Waals surface area (Å²) < 4.78 is 0. The molecule has 4 heteroatoms. The Bertz CT molecular complexity index is 585. The van der Waals surface area contributed by atoms with Crippen molar-refractivity contribution in [1.29, 1.82) is 0 Å². The highest BCUT2D eigenvalue weighted by molar-refractivity contribution is 9.09. The molecule has 3 saturated carbocycles. The van der Waals surface area contributed by atoms with E-state index in [1.165, 1.54) is 0 Å². The number of ketones is 2. The highest BCUT2D eigenvalue weighted by Gasteiger charge is 2.63. The van der Waals surface area contributed by atoms with Gasteiger partial charge in [-0.3, -0.25) is 9.59 Å². The van der Waals surface area contributed by atoms with Crippen LogP contribution in [0.3, 0.4) is 0 Å². The highest BCUT2D eigenvalue weighted by atomic mass is 79.9. The molecule has 1 unspecified atom stereocenters. The van der Waals surface area contributed by atoms with Crippen LogP contribution in [-0.2, 0) is 9.59 Å². The van der Waals surface area contributed by atoms with Gasteiger partial charge in [0.25, 0.3) is 0 Å². The van der Waals surface area contributed by atoms with Crippen LogP contribution >= 0.6 is 15.9 Å². The summed E-state index contributed by atoms with van der Waals surface area (Å²) in [4.78, 5) is 24.4. The third-order valence-electron chi connectivity index (χ3n) is 7.74. The van der Waals surface area contributed by atoms with Crippen LogP contribution in [0.4, 0.5) is 0 Å². The molecule has 4 aliphatic carbocycles. The van der Waals surface area contributed by atoms with Gasteiger partial charge < -0.3 is 5.11 Å². The Kier molecular flexibility index (Phi) is 3.66. The summed E-state index contributed by atoms with van der Waals surface area (Å²) >= 11 is 3.61. The number of aliphatic hydroxyl groups excluding tert-OH is 1. The van der Waals surface area contributed by atoms with Gasteiger partial charge in [-0.1, -0.05) is 28.9 Å². The smallest absolute Gasteiger partial charge is 0.155 e. The second-order valence-corrected chi connectivity index (χ2v) is 9.01. The van der Waals surface area contributed by atoms with Crippen molar-refractivity contribution in [1.82, 2.24) is 0 Å². The number of alkyl halides is 1. The SMILES string of the molecule is C[C@]12C=CC(=O)CC1C[C@@H](O)[C@H]1[C@@H]3CCC(=O)[C@@]3(CBr)CC[C@@H]12. The van der Waals surface area contributed by atoms with Crippen molar-refractivity contribution in [2.45, 2.75) is 51.6 Å². The van der Waals surface area contributed by atoms with E-state index in [2.05, 4.69) is 28.9 Å². The van der Waals surface area contributed by atoms with Crippen LogP contribution in [0.5, 0.6) is 0 Å². The number of rotatable bonds is 1. The normalized spacial score (nSPS) is 52.0. The lowest BCUT2D eigenvalue weighted by molar-refractivity contribution is -0.149. The van der Waals surface area contributed by atoms with E-state index < -0.39 is 0 Å². The van der Waals surface area contributed by atoms with Gasteiger partial charge in [0.05, 0.1) is 6.10 Å². The van der Waals surface area contributed by atoms with Gasteiger partial charge in [-0.15, -0.1) is 0 Å². The second-order valence-electron chi connectivity index (χ2n) is 8.45. The second kappa shape index (κ2) is 5.26. The Morgan fingerprint density at radius 1 is 1.30 bits per heavy atom. The topological polar surface area (TPSA) is 54.4 Å². The van der Waals surface area contributed by atoms with E-state index in [-0.39, 0.29) is 34.6 Å². The fourth-order valence-corrected chi connectivity index (χ4v) is 7.45. The zero-order valence-corrected chi connectivity index (χ0v) is 15.2. The monoisotopic (exact) mass is 380 g/mol. The number of carbonyl (C=O) groups is 2. The summed E-state index contributed by atoms with van der Waals surface area (Å²) in [6.45, 7) is 2.28. The van der Waals surface area contributed by atoms with Crippen LogP contribution in [-0.4, -0.2) is 28.1 Å². The maximum atomic E-state index is 12.6. The standard InChI is InChI=1S/C19H25BrO3/c1-18-6-4-12(21)8-11(18)9-15(22)17-13(18)5-7-19(10-20)14(17)2-3-16(19)23/h4,6,11,13-15,17,22H,2-3,5,7-10H2,1H3/t11?,13-,14-,15+,17+,18-,19+/m0/s1. The zero-order valence-electron chi connectivity index (χ0n) is 13.6. The zero-order chi connectivity index (χ0) is 16.4.